The summed E-state index contributed by atoms with van der Waals surface area (Å²) in [7, 11) is 1.48. The van der Waals surface area contributed by atoms with Crippen LogP contribution >= 0.6 is 0 Å². The van der Waals surface area contributed by atoms with E-state index in [0.29, 0.717) is 11.3 Å². The Hall–Kier alpha value is -3.49. The van der Waals surface area contributed by atoms with Gasteiger partial charge in [0.05, 0.1) is 9.85 Å². The van der Waals surface area contributed by atoms with Crippen LogP contribution < -0.4 is 9.64 Å². The number of likely N-dealkylation sites (N-methyl/N-ethyl adjacent to an activating group) is 1. The highest BCUT2D eigenvalue weighted by Gasteiger charge is 2.18. The summed E-state index contributed by atoms with van der Waals surface area (Å²) >= 11 is 0. The third kappa shape index (κ3) is 4.28. The second-order valence-electron chi connectivity index (χ2n) is 5.24. The van der Waals surface area contributed by atoms with Crippen LogP contribution in [0.15, 0.2) is 42.5 Å². The Morgan fingerprint density at radius 1 is 1.08 bits per heavy atom. The summed E-state index contributed by atoms with van der Waals surface area (Å²) in [6.07, 6.45) is 0. The van der Waals surface area contributed by atoms with Crippen molar-refractivity contribution in [1.82, 2.24) is 0 Å². The summed E-state index contributed by atoms with van der Waals surface area (Å²) in [4.78, 5) is 34.0. The van der Waals surface area contributed by atoms with Crippen molar-refractivity contribution in [2.75, 3.05) is 18.6 Å². The smallest absolute Gasteiger partial charge is 0.311 e. The van der Waals surface area contributed by atoms with Gasteiger partial charge in [0.25, 0.3) is 11.6 Å². The first kappa shape index (κ1) is 17.9. The van der Waals surface area contributed by atoms with Gasteiger partial charge in [0.2, 0.25) is 0 Å². The molecule has 0 unspecified atom stereocenters. The van der Waals surface area contributed by atoms with E-state index in [2.05, 4.69) is 0 Å². The maximum absolute atomic E-state index is 12.2. The maximum Gasteiger partial charge on any atom is 0.311 e. The van der Waals surface area contributed by atoms with Crippen molar-refractivity contribution in [3.05, 3.63) is 68.3 Å². The van der Waals surface area contributed by atoms with Gasteiger partial charge in [0.1, 0.15) is 0 Å². The number of hydrogen-bond acceptors (Lipinski definition) is 6. The first-order valence-electron chi connectivity index (χ1n) is 7.18. The van der Waals surface area contributed by atoms with Gasteiger partial charge >= 0.3 is 5.69 Å². The Kier molecular flexibility index (Phi) is 5.28. The van der Waals surface area contributed by atoms with Gasteiger partial charge in [-0.2, -0.15) is 0 Å². The van der Waals surface area contributed by atoms with E-state index >= 15 is 0 Å². The lowest BCUT2D eigenvalue weighted by Gasteiger charge is -2.17. The van der Waals surface area contributed by atoms with Crippen molar-refractivity contribution in [1.29, 1.82) is 0 Å². The third-order valence-electron chi connectivity index (χ3n) is 3.48. The van der Waals surface area contributed by atoms with Crippen LogP contribution in [-0.4, -0.2) is 29.4 Å². The van der Waals surface area contributed by atoms with Gasteiger partial charge in [0.15, 0.2) is 12.4 Å². The van der Waals surface area contributed by atoms with Gasteiger partial charge in [-0.1, -0.05) is 6.07 Å². The number of nitro benzene ring substituents is 2. The summed E-state index contributed by atoms with van der Waals surface area (Å²) < 4.78 is 5.28. The molecule has 0 bridgehead atoms. The summed E-state index contributed by atoms with van der Waals surface area (Å²) in [6, 6.07) is 9.88. The van der Waals surface area contributed by atoms with Crippen LogP contribution in [0.4, 0.5) is 17.1 Å². The molecule has 9 heteroatoms. The Morgan fingerprint density at radius 3 is 2.28 bits per heavy atom. The highest BCUT2D eigenvalue weighted by Crippen LogP contribution is 2.28. The molecular formula is C16H15N3O6. The zero-order valence-corrected chi connectivity index (χ0v) is 13.5. The minimum atomic E-state index is -0.577. The molecule has 2 aromatic carbocycles. The predicted octanol–water partition coefficient (Wildman–Crippen LogP) is 2.85. The molecule has 25 heavy (non-hydrogen) atoms. The Bertz CT molecular complexity index is 819. The molecular weight excluding hydrogens is 330 g/mol. The quantitative estimate of drug-likeness (QED) is 0.587. The number of nitro groups is 2. The molecule has 0 spiro atoms. The zero-order valence-electron chi connectivity index (χ0n) is 13.5. The Labute approximate surface area is 142 Å². The summed E-state index contributed by atoms with van der Waals surface area (Å²) in [5.41, 5.74) is 0.841. The molecule has 130 valence electrons. The van der Waals surface area contributed by atoms with Crippen LogP contribution in [0.1, 0.15) is 5.56 Å². The molecule has 0 saturated heterocycles. The molecule has 2 aromatic rings. The van der Waals surface area contributed by atoms with Crippen molar-refractivity contribution in [2.45, 2.75) is 6.92 Å². The number of nitrogens with zero attached hydrogens (tertiary/aromatic N) is 3. The number of aryl methyl sites for hydroxylation is 1. The number of hydrogen-bond donors (Lipinski definition) is 0. The fraction of sp³-hybridized carbons (Fsp3) is 0.188. The van der Waals surface area contributed by atoms with Crippen LogP contribution in [0.25, 0.3) is 0 Å². The number of ether oxygens (including phenoxy) is 1. The highest BCUT2D eigenvalue weighted by atomic mass is 16.6. The SMILES string of the molecule is Cc1ccc(OCC(=O)N(C)c2ccc([N+](=O)[O-])cc2)c([N+](=O)[O-])c1. The van der Waals surface area contributed by atoms with Crippen LogP contribution in [0.2, 0.25) is 0 Å². The first-order valence-corrected chi connectivity index (χ1v) is 7.18. The molecule has 0 aromatic heterocycles. The van der Waals surface area contributed by atoms with E-state index in [1.165, 1.54) is 48.3 Å². The zero-order chi connectivity index (χ0) is 18.6. The van der Waals surface area contributed by atoms with Gasteiger partial charge in [-0.3, -0.25) is 25.0 Å². The Balaban J connectivity index is 2.07. The summed E-state index contributed by atoms with van der Waals surface area (Å²) in [6.45, 7) is 1.31. The fourth-order valence-electron chi connectivity index (χ4n) is 2.07. The molecule has 0 fully saturated rings. The molecule has 0 aliphatic rings. The highest BCUT2D eigenvalue weighted by molar-refractivity contribution is 5.94. The molecule has 9 nitrogen and oxygen atoms in total. The van der Waals surface area contributed by atoms with Crippen LogP contribution in [0, 0.1) is 27.2 Å². The molecule has 0 N–H and O–H groups in total. The van der Waals surface area contributed by atoms with E-state index in [-0.39, 0.29) is 17.1 Å². The molecule has 0 aliphatic heterocycles. The number of amides is 1. The van der Waals surface area contributed by atoms with Crippen molar-refractivity contribution in [3.63, 3.8) is 0 Å². The summed E-state index contributed by atoms with van der Waals surface area (Å²) in [5, 5.41) is 21.7. The number of carbonyl (C=O) groups is 1. The molecule has 0 radical (unpaired) electrons. The lowest BCUT2D eigenvalue weighted by Crippen LogP contribution is -2.31. The lowest BCUT2D eigenvalue weighted by molar-refractivity contribution is -0.385. The second-order valence-corrected chi connectivity index (χ2v) is 5.24. The topological polar surface area (TPSA) is 116 Å². The van der Waals surface area contributed by atoms with Gasteiger partial charge < -0.3 is 9.64 Å². The maximum atomic E-state index is 12.2. The Morgan fingerprint density at radius 2 is 1.72 bits per heavy atom. The van der Waals surface area contributed by atoms with Crippen molar-refractivity contribution in [2.24, 2.45) is 0 Å². The van der Waals surface area contributed by atoms with Crippen LogP contribution in [0.5, 0.6) is 5.75 Å². The van der Waals surface area contributed by atoms with Crippen LogP contribution in [-0.2, 0) is 4.79 Å². The predicted molar refractivity (Wildman–Crippen MR) is 89.8 cm³/mol. The van der Waals surface area contributed by atoms with Gasteiger partial charge in [0, 0.05) is 30.9 Å². The number of carbonyl (C=O) groups excluding carboxylic acids is 1. The monoisotopic (exact) mass is 345 g/mol. The minimum absolute atomic E-state index is 0.000972. The average molecular weight is 345 g/mol. The molecule has 2 rings (SSSR count). The molecule has 0 atom stereocenters. The van der Waals surface area contributed by atoms with E-state index < -0.39 is 22.4 Å². The number of rotatable bonds is 6. The van der Waals surface area contributed by atoms with Gasteiger partial charge in [-0.25, -0.2) is 0 Å². The van der Waals surface area contributed by atoms with E-state index in [4.69, 9.17) is 4.74 Å². The number of benzene rings is 2. The second kappa shape index (κ2) is 7.39. The molecule has 0 saturated carbocycles. The number of non-ortho nitro benzene ring substituents is 1. The standard InChI is InChI=1S/C16H15N3O6/c1-11-3-8-15(14(9-11)19(23)24)25-10-16(20)17(2)12-4-6-13(7-5-12)18(21)22/h3-9H,10H2,1-2H3. The largest absolute Gasteiger partial charge is 0.477 e. The normalized spacial score (nSPS) is 10.2. The minimum Gasteiger partial charge on any atom is -0.477 e. The van der Waals surface area contributed by atoms with Crippen LogP contribution in [0.3, 0.4) is 0 Å². The molecule has 0 aliphatic carbocycles. The van der Waals surface area contributed by atoms with E-state index in [9.17, 15) is 25.0 Å². The summed E-state index contributed by atoms with van der Waals surface area (Å²) in [5.74, 6) is -0.454. The molecule has 0 heterocycles. The number of anilines is 1. The van der Waals surface area contributed by atoms with E-state index in [1.807, 2.05) is 0 Å². The molecule has 1 amide bonds. The van der Waals surface area contributed by atoms with Gasteiger partial charge in [-0.05, 0) is 30.7 Å². The fourth-order valence-corrected chi connectivity index (χ4v) is 2.07. The lowest BCUT2D eigenvalue weighted by atomic mass is 10.2. The first-order chi connectivity index (χ1) is 11.8. The van der Waals surface area contributed by atoms with E-state index in [0.717, 1.165) is 0 Å². The van der Waals surface area contributed by atoms with E-state index in [1.54, 1.807) is 13.0 Å². The van der Waals surface area contributed by atoms with Gasteiger partial charge in [-0.15, -0.1) is 0 Å². The van der Waals surface area contributed by atoms with Crippen molar-refractivity contribution < 1.29 is 19.4 Å². The third-order valence-corrected chi connectivity index (χ3v) is 3.48. The average Bonchev–Trinajstić information content (AvgIpc) is 2.59. The van der Waals surface area contributed by atoms with Crippen molar-refractivity contribution in [3.8, 4) is 5.75 Å². The van der Waals surface area contributed by atoms with Crippen molar-refractivity contribution >= 4 is 23.0 Å².